The van der Waals surface area contributed by atoms with E-state index in [0.29, 0.717) is 27.6 Å². The molecule has 0 saturated carbocycles. The van der Waals surface area contributed by atoms with Gasteiger partial charge in [-0.15, -0.1) is 11.3 Å². The summed E-state index contributed by atoms with van der Waals surface area (Å²) in [5, 5.41) is 14.4. The number of nitro benzene ring substituents is 1. The highest BCUT2D eigenvalue weighted by Crippen LogP contribution is 2.45. The van der Waals surface area contributed by atoms with Crippen molar-refractivity contribution in [2.24, 2.45) is 11.3 Å². The fourth-order valence-corrected chi connectivity index (χ4v) is 5.44. The Morgan fingerprint density at radius 1 is 1.35 bits per heavy atom. The Morgan fingerprint density at radius 2 is 2.06 bits per heavy atom. The maximum atomic E-state index is 12.9. The summed E-state index contributed by atoms with van der Waals surface area (Å²) in [4.78, 5) is 37.1. The number of nitro groups is 1. The number of carbonyl (C=O) groups excluding carboxylic acids is 2. The molecule has 1 aliphatic rings. The summed E-state index contributed by atoms with van der Waals surface area (Å²) in [7, 11) is 1.34. The van der Waals surface area contributed by atoms with Gasteiger partial charge >= 0.3 is 5.97 Å². The molecule has 1 heterocycles. The van der Waals surface area contributed by atoms with Crippen molar-refractivity contribution in [1.29, 1.82) is 0 Å². The maximum absolute atomic E-state index is 12.9. The van der Waals surface area contributed by atoms with Gasteiger partial charge in [0.05, 0.1) is 17.6 Å². The van der Waals surface area contributed by atoms with Gasteiger partial charge in [0.1, 0.15) is 5.00 Å². The van der Waals surface area contributed by atoms with Crippen LogP contribution in [0, 0.1) is 28.4 Å². The average Bonchev–Trinajstić information content (AvgIpc) is 3.09. The highest BCUT2D eigenvalue weighted by molar-refractivity contribution is 7.17. The number of ether oxygens (including phenoxy) is 1. The molecule has 7 nitrogen and oxygen atoms in total. The molecule has 8 heteroatoms. The summed E-state index contributed by atoms with van der Waals surface area (Å²) in [6, 6.07) is 4.23. The lowest BCUT2D eigenvalue weighted by Gasteiger charge is -2.36. The lowest BCUT2D eigenvalue weighted by atomic mass is 9.69. The molecular formula is C23H28N2O5S. The number of nitrogens with zero attached hydrogens (tertiary/aromatic N) is 1. The fraction of sp³-hybridized carbons (Fsp3) is 0.478. The third-order valence-corrected chi connectivity index (χ3v) is 7.72. The number of fused-ring (bicyclic) bond motifs is 1. The smallest absolute Gasteiger partial charge is 0.341 e. The van der Waals surface area contributed by atoms with E-state index < -0.39 is 16.8 Å². The topological polar surface area (TPSA) is 98.5 Å². The van der Waals surface area contributed by atoms with E-state index in [1.165, 1.54) is 36.6 Å². The van der Waals surface area contributed by atoms with Crippen LogP contribution >= 0.6 is 11.3 Å². The largest absolute Gasteiger partial charge is 0.465 e. The van der Waals surface area contributed by atoms with Crippen molar-refractivity contribution in [1.82, 2.24) is 0 Å². The van der Waals surface area contributed by atoms with Gasteiger partial charge in [-0.1, -0.05) is 27.2 Å². The highest BCUT2D eigenvalue weighted by atomic mass is 32.1. The van der Waals surface area contributed by atoms with Crippen LogP contribution in [0.25, 0.3) is 0 Å². The van der Waals surface area contributed by atoms with E-state index in [9.17, 15) is 19.7 Å². The third kappa shape index (κ3) is 4.49. The first kappa shape index (κ1) is 22.9. The molecule has 0 bridgehead atoms. The van der Waals surface area contributed by atoms with E-state index in [-0.39, 0.29) is 11.1 Å². The highest BCUT2D eigenvalue weighted by Gasteiger charge is 2.35. The van der Waals surface area contributed by atoms with Gasteiger partial charge in [-0.05, 0) is 55.2 Å². The molecule has 1 atom stereocenters. The number of esters is 1. The van der Waals surface area contributed by atoms with Crippen LogP contribution in [0.15, 0.2) is 18.2 Å². The minimum atomic E-state index is -0.478. The van der Waals surface area contributed by atoms with Crippen molar-refractivity contribution in [2.45, 2.75) is 53.4 Å². The van der Waals surface area contributed by atoms with Crippen molar-refractivity contribution in [3.63, 3.8) is 0 Å². The molecule has 1 aliphatic carbocycles. The SMILES string of the molecule is CCC(C)(C)[C@@H]1CCc2c(sc(NC(=O)c3ccc([N+](=O)[O-])c(C)c3)c2C(=O)OC)C1. The molecule has 1 aromatic heterocycles. The van der Waals surface area contributed by atoms with Gasteiger partial charge in [0.15, 0.2) is 0 Å². The monoisotopic (exact) mass is 444 g/mol. The molecule has 1 aromatic carbocycles. The summed E-state index contributed by atoms with van der Waals surface area (Å²) in [6.07, 6.45) is 3.71. The zero-order valence-corrected chi connectivity index (χ0v) is 19.4. The Morgan fingerprint density at radius 3 is 2.65 bits per heavy atom. The van der Waals surface area contributed by atoms with Crippen LogP contribution in [0.2, 0.25) is 0 Å². The van der Waals surface area contributed by atoms with E-state index in [4.69, 9.17) is 4.74 Å². The lowest BCUT2D eigenvalue weighted by molar-refractivity contribution is -0.385. The number of benzene rings is 1. The van der Waals surface area contributed by atoms with E-state index in [1.54, 1.807) is 6.92 Å². The van der Waals surface area contributed by atoms with Gasteiger partial charge in [0.2, 0.25) is 0 Å². The number of rotatable bonds is 6. The maximum Gasteiger partial charge on any atom is 0.341 e. The average molecular weight is 445 g/mol. The Bertz CT molecular complexity index is 1040. The van der Waals surface area contributed by atoms with Crippen molar-refractivity contribution in [3.05, 3.63) is 55.4 Å². The number of carbonyl (C=O) groups is 2. The van der Waals surface area contributed by atoms with E-state index in [1.807, 2.05) is 0 Å². The zero-order valence-electron chi connectivity index (χ0n) is 18.5. The van der Waals surface area contributed by atoms with Crippen LogP contribution in [0.4, 0.5) is 10.7 Å². The third-order valence-electron chi connectivity index (χ3n) is 6.55. The molecule has 0 aliphatic heterocycles. The van der Waals surface area contributed by atoms with Gasteiger partial charge < -0.3 is 10.1 Å². The number of hydrogen-bond donors (Lipinski definition) is 1. The quantitative estimate of drug-likeness (QED) is 0.358. The molecule has 0 radical (unpaired) electrons. The summed E-state index contributed by atoms with van der Waals surface area (Å²) in [5.41, 5.74) is 2.27. The number of methoxy groups -OCH3 is 1. The first-order chi connectivity index (χ1) is 14.6. The molecule has 166 valence electrons. The van der Waals surface area contributed by atoms with Gasteiger partial charge in [-0.2, -0.15) is 0 Å². The second kappa shape index (κ2) is 8.78. The minimum absolute atomic E-state index is 0.0389. The minimum Gasteiger partial charge on any atom is -0.465 e. The van der Waals surface area contributed by atoms with Crippen LogP contribution in [0.1, 0.15) is 70.3 Å². The number of hydrogen-bond acceptors (Lipinski definition) is 6. The Hall–Kier alpha value is -2.74. The van der Waals surface area contributed by atoms with Crippen LogP contribution in [-0.2, 0) is 17.6 Å². The molecule has 0 unspecified atom stereocenters. The van der Waals surface area contributed by atoms with Crippen LogP contribution in [0.5, 0.6) is 0 Å². The summed E-state index contributed by atoms with van der Waals surface area (Å²) in [6.45, 7) is 8.34. The Labute approximate surface area is 186 Å². The summed E-state index contributed by atoms with van der Waals surface area (Å²) >= 11 is 1.43. The van der Waals surface area contributed by atoms with Crippen molar-refractivity contribution < 1.29 is 19.2 Å². The van der Waals surface area contributed by atoms with Crippen LogP contribution in [0.3, 0.4) is 0 Å². The Kier molecular flexibility index (Phi) is 6.50. The van der Waals surface area contributed by atoms with E-state index in [0.717, 1.165) is 36.1 Å². The molecule has 2 aromatic rings. The molecule has 1 N–H and O–H groups in total. The first-order valence-electron chi connectivity index (χ1n) is 10.4. The molecule has 0 spiro atoms. The van der Waals surface area contributed by atoms with Gasteiger partial charge in [-0.25, -0.2) is 4.79 Å². The zero-order chi connectivity index (χ0) is 22.9. The number of anilines is 1. The normalized spacial score (nSPS) is 15.8. The van der Waals surface area contributed by atoms with Crippen molar-refractivity contribution in [2.75, 3.05) is 12.4 Å². The van der Waals surface area contributed by atoms with Gasteiger partial charge in [0.25, 0.3) is 11.6 Å². The van der Waals surface area contributed by atoms with E-state index >= 15 is 0 Å². The fourth-order valence-electron chi connectivity index (χ4n) is 4.12. The molecule has 0 saturated heterocycles. The summed E-state index contributed by atoms with van der Waals surface area (Å²) in [5.74, 6) is -0.358. The number of amides is 1. The van der Waals surface area contributed by atoms with Gasteiger partial charge in [-0.3, -0.25) is 14.9 Å². The predicted molar refractivity (Wildman–Crippen MR) is 121 cm³/mol. The second-order valence-corrected chi connectivity index (χ2v) is 9.80. The van der Waals surface area contributed by atoms with Crippen LogP contribution in [-0.4, -0.2) is 23.9 Å². The van der Waals surface area contributed by atoms with Crippen molar-refractivity contribution in [3.8, 4) is 0 Å². The molecule has 31 heavy (non-hydrogen) atoms. The number of nitrogens with one attached hydrogen (secondary N) is 1. The number of aryl methyl sites for hydroxylation is 1. The number of thiophene rings is 1. The lowest BCUT2D eigenvalue weighted by Crippen LogP contribution is -2.28. The van der Waals surface area contributed by atoms with E-state index in [2.05, 4.69) is 26.1 Å². The standard InChI is InChI=1S/C23H28N2O5S/c1-6-23(3,4)15-8-9-16-18(12-15)31-21(19(16)22(27)30-5)24-20(26)14-7-10-17(25(28)29)13(2)11-14/h7,10-11,15H,6,8-9,12H2,1-5H3,(H,24,26)/t15-/m1/s1. The molecule has 0 fully saturated rings. The predicted octanol–water partition coefficient (Wildman–Crippen LogP) is 5.54. The molecule has 1 amide bonds. The van der Waals surface area contributed by atoms with Crippen molar-refractivity contribution >= 4 is 33.9 Å². The van der Waals surface area contributed by atoms with Gasteiger partial charge in [0, 0.05) is 22.1 Å². The molecular weight excluding hydrogens is 416 g/mol. The summed E-state index contributed by atoms with van der Waals surface area (Å²) < 4.78 is 5.01. The molecule has 3 rings (SSSR count). The Balaban J connectivity index is 1.93. The van der Waals surface area contributed by atoms with Crippen LogP contribution < -0.4 is 5.32 Å². The first-order valence-corrected chi connectivity index (χ1v) is 11.2. The second-order valence-electron chi connectivity index (χ2n) is 8.69.